The number of carboxylic acid groups (broad SMARTS) is 1. The lowest BCUT2D eigenvalue weighted by atomic mass is 10.1. The second-order valence-electron chi connectivity index (χ2n) is 4.24. The maximum Gasteiger partial charge on any atom is 0.347 e. The molecule has 0 unspecified atom stereocenters. The van der Waals surface area contributed by atoms with E-state index >= 15 is 0 Å². The SMILES string of the molecule is CCCc1nc(Cc2ccc(Br)cc2)sc1C(=O)O. The Morgan fingerprint density at radius 3 is 2.63 bits per heavy atom. The fourth-order valence-corrected chi connectivity index (χ4v) is 3.07. The smallest absolute Gasteiger partial charge is 0.347 e. The molecule has 0 radical (unpaired) electrons. The lowest BCUT2D eigenvalue weighted by Gasteiger charge is -1.97. The summed E-state index contributed by atoms with van der Waals surface area (Å²) < 4.78 is 1.04. The number of halogens is 1. The normalized spacial score (nSPS) is 10.6. The van der Waals surface area contributed by atoms with Gasteiger partial charge < -0.3 is 5.11 Å². The van der Waals surface area contributed by atoms with Crippen LogP contribution in [0.3, 0.4) is 0 Å². The van der Waals surface area contributed by atoms with Crippen molar-refractivity contribution in [1.82, 2.24) is 4.98 Å². The van der Waals surface area contributed by atoms with E-state index in [1.54, 1.807) is 0 Å². The number of nitrogens with zero attached hydrogens (tertiary/aromatic N) is 1. The lowest BCUT2D eigenvalue weighted by molar-refractivity contribution is 0.0700. The van der Waals surface area contributed by atoms with Crippen molar-refractivity contribution < 1.29 is 9.90 Å². The number of benzene rings is 1. The molecule has 0 bridgehead atoms. The van der Waals surface area contributed by atoms with Crippen molar-refractivity contribution in [2.24, 2.45) is 0 Å². The monoisotopic (exact) mass is 339 g/mol. The molecular weight excluding hydrogens is 326 g/mol. The van der Waals surface area contributed by atoms with Gasteiger partial charge in [-0.15, -0.1) is 11.3 Å². The molecule has 0 saturated heterocycles. The molecule has 1 aromatic heterocycles. The quantitative estimate of drug-likeness (QED) is 0.890. The van der Waals surface area contributed by atoms with Crippen molar-refractivity contribution in [2.75, 3.05) is 0 Å². The number of carbonyl (C=O) groups is 1. The van der Waals surface area contributed by atoms with Gasteiger partial charge in [0.1, 0.15) is 4.88 Å². The largest absolute Gasteiger partial charge is 0.477 e. The molecule has 1 aromatic carbocycles. The van der Waals surface area contributed by atoms with Crippen molar-refractivity contribution in [3.8, 4) is 0 Å². The average Bonchev–Trinajstić information content (AvgIpc) is 2.76. The van der Waals surface area contributed by atoms with Crippen LogP contribution in [-0.2, 0) is 12.8 Å². The summed E-state index contributed by atoms with van der Waals surface area (Å²) in [6.07, 6.45) is 2.31. The highest BCUT2D eigenvalue weighted by Crippen LogP contribution is 2.23. The minimum absolute atomic E-state index is 0.383. The van der Waals surface area contributed by atoms with Crippen molar-refractivity contribution in [2.45, 2.75) is 26.2 Å². The first-order valence-electron chi connectivity index (χ1n) is 6.06. The third kappa shape index (κ3) is 3.64. The summed E-state index contributed by atoms with van der Waals surface area (Å²) in [4.78, 5) is 16.0. The van der Waals surface area contributed by atoms with Gasteiger partial charge >= 0.3 is 5.97 Å². The van der Waals surface area contributed by atoms with E-state index in [-0.39, 0.29) is 0 Å². The summed E-state index contributed by atoms with van der Waals surface area (Å²) in [6, 6.07) is 8.00. The van der Waals surface area contributed by atoms with Crippen LogP contribution in [0.25, 0.3) is 0 Å². The van der Waals surface area contributed by atoms with Crippen LogP contribution in [0.5, 0.6) is 0 Å². The summed E-state index contributed by atoms with van der Waals surface area (Å²) >= 11 is 4.68. The zero-order valence-electron chi connectivity index (χ0n) is 10.5. The number of hydrogen-bond acceptors (Lipinski definition) is 3. The molecule has 3 nitrogen and oxygen atoms in total. The summed E-state index contributed by atoms with van der Waals surface area (Å²) in [5.41, 5.74) is 1.85. The van der Waals surface area contributed by atoms with Crippen LogP contribution in [0.2, 0.25) is 0 Å². The maximum absolute atomic E-state index is 11.2. The molecule has 1 heterocycles. The zero-order valence-corrected chi connectivity index (χ0v) is 12.9. The Balaban J connectivity index is 2.23. The number of aromatic nitrogens is 1. The van der Waals surface area contributed by atoms with Gasteiger partial charge in [-0.05, 0) is 24.1 Å². The number of aryl methyl sites for hydroxylation is 1. The Morgan fingerprint density at radius 2 is 2.05 bits per heavy atom. The van der Waals surface area contributed by atoms with E-state index in [4.69, 9.17) is 0 Å². The van der Waals surface area contributed by atoms with Crippen LogP contribution < -0.4 is 0 Å². The highest BCUT2D eigenvalue weighted by Gasteiger charge is 2.16. The third-order valence-corrected chi connectivity index (χ3v) is 4.31. The molecule has 0 aliphatic carbocycles. The van der Waals surface area contributed by atoms with Crippen LogP contribution in [-0.4, -0.2) is 16.1 Å². The summed E-state index contributed by atoms with van der Waals surface area (Å²) in [5, 5.41) is 10.0. The van der Waals surface area contributed by atoms with Gasteiger partial charge in [0.15, 0.2) is 0 Å². The molecule has 0 amide bonds. The van der Waals surface area contributed by atoms with E-state index in [1.807, 2.05) is 31.2 Å². The molecule has 0 aliphatic rings. The van der Waals surface area contributed by atoms with Crippen molar-refractivity contribution >= 4 is 33.2 Å². The molecule has 0 fully saturated rings. The van der Waals surface area contributed by atoms with E-state index in [9.17, 15) is 9.90 Å². The molecule has 2 rings (SSSR count). The maximum atomic E-state index is 11.2. The molecule has 100 valence electrons. The predicted molar refractivity (Wildman–Crippen MR) is 80.0 cm³/mol. The van der Waals surface area contributed by atoms with Crippen LogP contribution >= 0.6 is 27.3 Å². The van der Waals surface area contributed by atoms with Gasteiger partial charge in [-0.3, -0.25) is 0 Å². The molecule has 5 heteroatoms. The Kier molecular flexibility index (Phi) is 4.71. The van der Waals surface area contributed by atoms with Crippen LogP contribution in [0.4, 0.5) is 0 Å². The molecule has 19 heavy (non-hydrogen) atoms. The van der Waals surface area contributed by atoms with Gasteiger partial charge in [0.05, 0.1) is 10.7 Å². The summed E-state index contributed by atoms with van der Waals surface area (Å²) in [5.74, 6) is -0.872. The van der Waals surface area contributed by atoms with Gasteiger partial charge in [-0.1, -0.05) is 41.4 Å². The second-order valence-corrected chi connectivity index (χ2v) is 6.24. The molecular formula is C14H14BrNO2S. The Hall–Kier alpha value is -1.20. The van der Waals surface area contributed by atoms with Crippen LogP contribution in [0.1, 0.15) is 39.3 Å². The van der Waals surface area contributed by atoms with Crippen molar-refractivity contribution in [3.05, 3.63) is 49.9 Å². The fraction of sp³-hybridized carbons (Fsp3) is 0.286. The molecule has 0 saturated carbocycles. The first kappa shape index (κ1) is 14.2. The Bertz CT molecular complexity index is 578. The minimum Gasteiger partial charge on any atom is -0.477 e. The molecule has 2 aromatic rings. The summed E-state index contributed by atoms with van der Waals surface area (Å²) in [7, 11) is 0. The van der Waals surface area contributed by atoms with Crippen molar-refractivity contribution in [1.29, 1.82) is 0 Å². The van der Waals surface area contributed by atoms with Crippen LogP contribution in [0, 0.1) is 0 Å². The van der Waals surface area contributed by atoms with Gasteiger partial charge in [0, 0.05) is 10.9 Å². The van der Waals surface area contributed by atoms with E-state index < -0.39 is 5.97 Å². The topological polar surface area (TPSA) is 50.2 Å². The standard InChI is InChI=1S/C14H14BrNO2S/c1-2-3-11-13(14(17)18)19-12(16-11)8-9-4-6-10(15)7-5-9/h4-7H,2-3,8H2,1H3,(H,17,18). The van der Waals surface area contributed by atoms with E-state index in [2.05, 4.69) is 20.9 Å². The van der Waals surface area contributed by atoms with Gasteiger partial charge in [0.25, 0.3) is 0 Å². The van der Waals surface area contributed by atoms with E-state index in [1.165, 1.54) is 11.3 Å². The number of aromatic carboxylic acids is 1. The first-order chi connectivity index (χ1) is 9.10. The molecule has 0 atom stereocenters. The highest BCUT2D eigenvalue weighted by molar-refractivity contribution is 9.10. The zero-order chi connectivity index (χ0) is 13.8. The number of hydrogen-bond donors (Lipinski definition) is 1. The van der Waals surface area contributed by atoms with Gasteiger partial charge in [0.2, 0.25) is 0 Å². The molecule has 0 aliphatic heterocycles. The third-order valence-electron chi connectivity index (χ3n) is 2.69. The van der Waals surface area contributed by atoms with E-state index in [0.717, 1.165) is 27.9 Å². The number of thiazole rings is 1. The molecule has 1 N–H and O–H groups in total. The summed E-state index contributed by atoms with van der Waals surface area (Å²) in [6.45, 7) is 2.03. The minimum atomic E-state index is -0.872. The average molecular weight is 340 g/mol. The fourth-order valence-electron chi connectivity index (χ4n) is 1.83. The Labute approximate surface area is 124 Å². The van der Waals surface area contributed by atoms with E-state index in [0.29, 0.717) is 17.0 Å². The van der Waals surface area contributed by atoms with Crippen LogP contribution in [0.15, 0.2) is 28.7 Å². The number of rotatable bonds is 5. The van der Waals surface area contributed by atoms with Gasteiger partial charge in [-0.2, -0.15) is 0 Å². The Morgan fingerprint density at radius 1 is 1.37 bits per heavy atom. The highest BCUT2D eigenvalue weighted by atomic mass is 79.9. The predicted octanol–water partition coefficient (Wildman–Crippen LogP) is 4.15. The first-order valence-corrected chi connectivity index (χ1v) is 7.67. The number of carboxylic acids is 1. The van der Waals surface area contributed by atoms with Crippen molar-refractivity contribution in [3.63, 3.8) is 0 Å². The second kappa shape index (κ2) is 6.30. The molecule has 0 spiro atoms. The van der Waals surface area contributed by atoms with Gasteiger partial charge in [-0.25, -0.2) is 9.78 Å². The lowest BCUT2D eigenvalue weighted by Crippen LogP contribution is -1.98.